The van der Waals surface area contributed by atoms with Crippen molar-refractivity contribution < 1.29 is 18.3 Å². The summed E-state index contributed by atoms with van der Waals surface area (Å²) in [6.45, 7) is 1.66. The van der Waals surface area contributed by atoms with Gasteiger partial charge in [-0.15, -0.1) is 0 Å². The molecule has 0 unspecified atom stereocenters. The van der Waals surface area contributed by atoms with Gasteiger partial charge in [-0.2, -0.15) is 23.4 Å². The van der Waals surface area contributed by atoms with Crippen molar-refractivity contribution >= 4 is 22.5 Å². The number of fused-ring (bicyclic) bond motifs is 1. The van der Waals surface area contributed by atoms with Gasteiger partial charge in [-0.25, -0.2) is 9.67 Å². The molecule has 154 valence electrons. The Balaban J connectivity index is 1.90. The molecule has 0 amide bonds. The summed E-state index contributed by atoms with van der Waals surface area (Å²) in [4.78, 5) is 16.1. The number of halogens is 4. The summed E-state index contributed by atoms with van der Waals surface area (Å²) < 4.78 is 41.7. The average Bonchev–Trinajstić information content (AvgIpc) is 3.42. The number of hydrogen-bond donors (Lipinski definition) is 1. The van der Waals surface area contributed by atoms with Gasteiger partial charge in [0.1, 0.15) is 5.60 Å². The SMILES string of the molecule is CC[C@@](O)(c1cnc(C(F)(F)F)c(Cl)c1)c1c2cnn(C3CC3)c(=O)c2nn1C. The molecule has 0 aromatic carbocycles. The predicted octanol–water partition coefficient (Wildman–Crippen LogP) is 3.18. The highest BCUT2D eigenvalue weighted by molar-refractivity contribution is 6.31. The molecule has 1 saturated carbocycles. The van der Waals surface area contributed by atoms with Gasteiger partial charge in [-0.1, -0.05) is 18.5 Å². The van der Waals surface area contributed by atoms with Crippen molar-refractivity contribution in [2.75, 3.05) is 0 Å². The second-order valence-corrected chi connectivity index (χ2v) is 7.53. The number of aromatic nitrogens is 5. The Morgan fingerprint density at radius 1 is 1.31 bits per heavy atom. The van der Waals surface area contributed by atoms with Crippen LogP contribution >= 0.6 is 11.6 Å². The topological polar surface area (TPSA) is 85.8 Å². The van der Waals surface area contributed by atoms with E-state index in [-0.39, 0.29) is 34.8 Å². The van der Waals surface area contributed by atoms with E-state index < -0.39 is 22.5 Å². The zero-order valence-electron chi connectivity index (χ0n) is 15.5. The zero-order chi connectivity index (χ0) is 21.1. The van der Waals surface area contributed by atoms with E-state index in [0.29, 0.717) is 5.39 Å². The molecule has 1 N–H and O–H groups in total. The van der Waals surface area contributed by atoms with Crippen molar-refractivity contribution in [2.24, 2.45) is 7.05 Å². The van der Waals surface area contributed by atoms with Crippen LogP contribution in [0.4, 0.5) is 13.2 Å². The number of pyridine rings is 1. The van der Waals surface area contributed by atoms with E-state index >= 15 is 0 Å². The van der Waals surface area contributed by atoms with Gasteiger partial charge in [-0.05, 0) is 25.3 Å². The first-order chi connectivity index (χ1) is 13.6. The smallest absolute Gasteiger partial charge is 0.379 e. The highest BCUT2D eigenvalue weighted by Crippen LogP contribution is 2.40. The molecule has 0 bridgehead atoms. The lowest BCUT2D eigenvalue weighted by Crippen LogP contribution is -2.30. The van der Waals surface area contributed by atoms with E-state index in [1.54, 1.807) is 14.0 Å². The van der Waals surface area contributed by atoms with Crippen LogP contribution in [-0.4, -0.2) is 29.7 Å². The van der Waals surface area contributed by atoms with E-state index in [1.807, 2.05) is 0 Å². The Hall–Kier alpha value is -2.46. The minimum absolute atomic E-state index is 0.0559. The second kappa shape index (κ2) is 6.53. The highest BCUT2D eigenvalue weighted by Gasteiger charge is 2.40. The van der Waals surface area contributed by atoms with Gasteiger partial charge in [-0.3, -0.25) is 9.48 Å². The van der Waals surface area contributed by atoms with Crippen molar-refractivity contribution in [2.45, 2.75) is 44.0 Å². The molecular weight excluding hydrogens is 411 g/mol. The van der Waals surface area contributed by atoms with Crippen LogP contribution in [0.3, 0.4) is 0 Å². The van der Waals surface area contributed by atoms with Crippen LogP contribution in [0.1, 0.15) is 49.2 Å². The molecule has 3 aromatic heterocycles. The summed E-state index contributed by atoms with van der Waals surface area (Å²) in [5.74, 6) is 0. The molecular formula is C18H17ClF3N5O2. The quantitative estimate of drug-likeness (QED) is 0.691. The van der Waals surface area contributed by atoms with Gasteiger partial charge in [0.15, 0.2) is 11.2 Å². The van der Waals surface area contributed by atoms with Crippen molar-refractivity contribution in [3.8, 4) is 0 Å². The van der Waals surface area contributed by atoms with Gasteiger partial charge >= 0.3 is 6.18 Å². The minimum atomic E-state index is -4.71. The fourth-order valence-corrected chi connectivity index (χ4v) is 3.83. The number of alkyl halides is 3. The third-order valence-corrected chi connectivity index (χ3v) is 5.48. The molecule has 1 atom stereocenters. The number of rotatable bonds is 4. The first kappa shape index (κ1) is 19.8. The number of nitrogens with zero attached hydrogens (tertiary/aromatic N) is 5. The lowest BCUT2D eigenvalue weighted by Gasteiger charge is -2.28. The molecule has 1 aliphatic carbocycles. The third kappa shape index (κ3) is 3.10. The summed E-state index contributed by atoms with van der Waals surface area (Å²) in [7, 11) is 1.55. The molecule has 3 aromatic rings. The summed E-state index contributed by atoms with van der Waals surface area (Å²) in [5.41, 5.74) is -2.93. The van der Waals surface area contributed by atoms with Gasteiger partial charge in [0.05, 0.1) is 28.3 Å². The van der Waals surface area contributed by atoms with Crippen molar-refractivity contribution in [3.63, 3.8) is 0 Å². The van der Waals surface area contributed by atoms with E-state index in [1.165, 1.54) is 15.6 Å². The number of aryl methyl sites for hydroxylation is 1. The van der Waals surface area contributed by atoms with Gasteiger partial charge in [0, 0.05) is 18.8 Å². The van der Waals surface area contributed by atoms with Gasteiger partial charge in [0.25, 0.3) is 5.56 Å². The normalized spacial score (nSPS) is 16.9. The van der Waals surface area contributed by atoms with Crippen LogP contribution in [0.25, 0.3) is 10.9 Å². The first-order valence-corrected chi connectivity index (χ1v) is 9.36. The first-order valence-electron chi connectivity index (χ1n) is 8.98. The molecule has 4 rings (SSSR count). The lowest BCUT2D eigenvalue weighted by molar-refractivity contribution is -0.141. The zero-order valence-corrected chi connectivity index (χ0v) is 16.3. The van der Waals surface area contributed by atoms with Gasteiger partial charge in [0.2, 0.25) is 0 Å². The van der Waals surface area contributed by atoms with E-state index in [2.05, 4.69) is 15.2 Å². The van der Waals surface area contributed by atoms with Gasteiger partial charge < -0.3 is 5.11 Å². The standard InChI is InChI=1S/C18H17ClF3N5O2/c1-3-17(29,9-6-12(19)14(23-7-9)18(20,21)22)15-11-8-24-27(10-4-5-10)16(28)13(11)25-26(15)2/h6-8,10,29H,3-5H2,1-2H3/t17-/m1/s1. The largest absolute Gasteiger partial charge is 0.434 e. The second-order valence-electron chi connectivity index (χ2n) is 7.13. The molecule has 11 heteroatoms. The minimum Gasteiger partial charge on any atom is -0.379 e. The molecule has 0 aliphatic heterocycles. The molecule has 0 spiro atoms. The van der Waals surface area contributed by atoms with Crippen LogP contribution in [0, 0.1) is 0 Å². The number of aliphatic hydroxyl groups is 1. The molecule has 7 nitrogen and oxygen atoms in total. The Morgan fingerprint density at radius 2 is 2.00 bits per heavy atom. The summed E-state index contributed by atoms with van der Waals surface area (Å²) in [6, 6.07) is 1.10. The molecule has 0 radical (unpaired) electrons. The lowest BCUT2D eigenvalue weighted by atomic mass is 9.87. The van der Waals surface area contributed by atoms with Crippen molar-refractivity contribution in [1.29, 1.82) is 0 Å². The summed E-state index contributed by atoms with van der Waals surface area (Å²) in [5, 5.41) is 19.6. The van der Waals surface area contributed by atoms with Crippen molar-refractivity contribution in [1.82, 2.24) is 24.5 Å². The third-order valence-electron chi connectivity index (χ3n) is 5.19. The van der Waals surface area contributed by atoms with Crippen LogP contribution < -0.4 is 5.56 Å². The summed E-state index contributed by atoms with van der Waals surface area (Å²) in [6.07, 6.45) is -0.500. The van der Waals surface area contributed by atoms with E-state index in [9.17, 15) is 23.1 Å². The summed E-state index contributed by atoms with van der Waals surface area (Å²) >= 11 is 5.80. The average molecular weight is 428 g/mol. The van der Waals surface area contributed by atoms with E-state index in [0.717, 1.165) is 25.1 Å². The Kier molecular flexibility index (Phi) is 4.47. The maximum absolute atomic E-state index is 13.0. The Labute approximate surface area is 167 Å². The number of hydrogen-bond acceptors (Lipinski definition) is 5. The molecule has 0 saturated heterocycles. The Bertz CT molecular complexity index is 1170. The maximum Gasteiger partial charge on any atom is 0.434 e. The predicted molar refractivity (Wildman–Crippen MR) is 98.6 cm³/mol. The highest BCUT2D eigenvalue weighted by atomic mass is 35.5. The van der Waals surface area contributed by atoms with Crippen LogP contribution in [0.5, 0.6) is 0 Å². The fraction of sp³-hybridized carbons (Fsp3) is 0.444. The molecule has 3 heterocycles. The van der Waals surface area contributed by atoms with Crippen LogP contribution in [-0.2, 0) is 18.8 Å². The van der Waals surface area contributed by atoms with Crippen LogP contribution in [0.15, 0.2) is 23.3 Å². The Morgan fingerprint density at radius 3 is 2.55 bits per heavy atom. The van der Waals surface area contributed by atoms with Crippen molar-refractivity contribution in [3.05, 3.63) is 50.8 Å². The van der Waals surface area contributed by atoms with E-state index in [4.69, 9.17) is 11.6 Å². The fourth-order valence-electron chi connectivity index (χ4n) is 3.55. The molecule has 1 fully saturated rings. The monoisotopic (exact) mass is 427 g/mol. The molecule has 1 aliphatic rings. The maximum atomic E-state index is 13.0. The molecule has 29 heavy (non-hydrogen) atoms. The van der Waals surface area contributed by atoms with Crippen LogP contribution in [0.2, 0.25) is 5.02 Å².